The molecule has 0 unspecified atom stereocenters. The van der Waals surface area contributed by atoms with Crippen molar-refractivity contribution in [1.82, 2.24) is 9.88 Å². The highest BCUT2D eigenvalue weighted by Crippen LogP contribution is 2.30. The van der Waals surface area contributed by atoms with Crippen molar-refractivity contribution in [3.63, 3.8) is 0 Å². The van der Waals surface area contributed by atoms with Gasteiger partial charge >= 0.3 is 6.18 Å². The van der Waals surface area contributed by atoms with E-state index >= 15 is 0 Å². The van der Waals surface area contributed by atoms with Gasteiger partial charge < -0.3 is 9.64 Å². The molecule has 0 amide bonds. The Kier molecular flexibility index (Phi) is 4.77. The monoisotopic (exact) mass is 329 g/mol. The Labute approximate surface area is 134 Å². The Bertz CT molecular complexity index is 532. The lowest BCUT2D eigenvalue weighted by Gasteiger charge is -2.44. The summed E-state index contributed by atoms with van der Waals surface area (Å²) in [5, 5.41) is 0. The van der Waals surface area contributed by atoms with Crippen LogP contribution in [0.3, 0.4) is 0 Å². The molecule has 4 nitrogen and oxygen atoms in total. The summed E-state index contributed by atoms with van der Waals surface area (Å²) in [5.41, 5.74) is -0.825. The zero-order chi connectivity index (χ0) is 16.4. The average molecular weight is 329 g/mol. The number of rotatable bonds is 2. The van der Waals surface area contributed by atoms with E-state index < -0.39 is 11.9 Å². The molecule has 0 radical (unpaired) electrons. The minimum atomic E-state index is -4.40. The molecule has 2 saturated heterocycles. The molecule has 0 spiro atoms. The van der Waals surface area contributed by atoms with Crippen molar-refractivity contribution in [2.24, 2.45) is 0 Å². The lowest BCUT2D eigenvalue weighted by atomic mass is 10.0. The molecule has 128 valence electrons. The number of nitrogens with zero attached hydrogens (tertiary/aromatic N) is 3. The number of halogens is 3. The molecule has 0 saturated carbocycles. The molecule has 0 N–H and O–H groups in total. The van der Waals surface area contributed by atoms with E-state index in [0.29, 0.717) is 18.4 Å². The molecular weight excluding hydrogens is 307 g/mol. The van der Waals surface area contributed by atoms with Crippen LogP contribution in [0.4, 0.5) is 19.0 Å². The van der Waals surface area contributed by atoms with Gasteiger partial charge in [0.25, 0.3) is 0 Å². The van der Waals surface area contributed by atoms with Gasteiger partial charge in [-0.15, -0.1) is 0 Å². The van der Waals surface area contributed by atoms with Crippen LogP contribution in [0, 0.1) is 0 Å². The van der Waals surface area contributed by atoms with E-state index in [-0.39, 0.29) is 6.04 Å². The maximum absolute atomic E-state index is 12.8. The van der Waals surface area contributed by atoms with Crippen LogP contribution in [0.1, 0.15) is 25.5 Å². The van der Waals surface area contributed by atoms with Crippen molar-refractivity contribution >= 4 is 5.82 Å². The highest BCUT2D eigenvalue weighted by atomic mass is 19.4. The Morgan fingerprint density at radius 1 is 1.17 bits per heavy atom. The number of piperazine rings is 1. The van der Waals surface area contributed by atoms with Gasteiger partial charge in [0, 0.05) is 44.9 Å². The zero-order valence-electron chi connectivity index (χ0n) is 13.2. The number of hydrogen-bond acceptors (Lipinski definition) is 4. The van der Waals surface area contributed by atoms with Crippen molar-refractivity contribution in [1.29, 1.82) is 0 Å². The zero-order valence-corrected chi connectivity index (χ0v) is 13.2. The summed E-state index contributed by atoms with van der Waals surface area (Å²) >= 11 is 0. The third-order valence-corrected chi connectivity index (χ3v) is 4.69. The molecule has 7 heteroatoms. The predicted octanol–water partition coefficient (Wildman–Crippen LogP) is 2.79. The first-order valence-corrected chi connectivity index (χ1v) is 8.08. The van der Waals surface area contributed by atoms with Gasteiger partial charge in [0.05, 0.1) is 0 Å². The second-order valence-electron chi connectivity index (χ2n) is 6.26. The standard InChI is InChI=1S/C16H22F3N3O/c1-12-11-21(13-5-9-23-10-6-13)7-8-22(12)15-4-2-3-14(20-15)16(17,18)19/h2-4,12-13H,5-11H2,1H3/t12-/m1/s1. The van der Waals surface area contributed by atoms with Gasteiger partial charge in [-0.1, -0.05) is 6.07 Å². The third kappa shape index (κ3) is 3.77. The van der Waals surface area contributed by atoms with Gasteiger partial charge in [0.1, 0.15) is 11.5 Å². The van der Waals surface area contributed by atoms with Gasteiger partial charge in [-0.05, 0) is 31.9 Å². The van der Waals surface area contributed by atoms with E-state index in [1.165, 1.54) is 6.07 Å². The lowest BCUT2D eigenvalue weighted by Crippen LogP contribution is -2.56. The van der Waals surface area contributed by atoms with Crippen molar-refractivity contribution in [3.05, 3.63) is 23.9 Å². The first-order chi connectivity index (χ1) is 10.9. The molecule has 1 aromatic heterocycles. The second kappa shape index (κ2) is 6.65. The summed E-state index contributed by atoms with van der Waals surface area (Å²) in [6.07, 6.45) is -2.33. The average Bonchev–Trinajstić information content (AvgIpc) is 2.55. The number of anilines is 1. The van der Waals surface area contributed by atoms with E-state index in [1.54, 1.807) is 6.07 Å². The number of alkyl halides is 3. The van der Waals surface area contributed by atoms with Gasteiger partial charge in [-0.3, -0.25) is 4.90 Å². The molecule has 0 aromatic carbocycles. The quantitative estimate of drug-likeness (QED) is 0.834. The SMILES string of the molecule is C[C@@H]1CN(C2CCOCC2)CCN1c1cccc(C(F)(F)F)n1. The number of pyridine rings is 1. The smallest absolute Gasteiger partial charge is 0.381 e. The summed E-state index contributed by atoms with van der Waals surface area (Å²) in [5.74, 6) is 0.416. The molecule has 3 heterocycles. The summed E-state index contributed by atoms with van der Waals surface area (Å²) in [6, 6.07) is 4.79. The van der Waals surface area contributed by atoms with E-state index in [4.69, 9.17) is 4.74 Å². The van der Waals surface area contributed by atoms with Crippen molar-refractivity contribution in [2.75, 3.05) is 37.7 Å². The van der Waals surface area contributed by atoms with E-state index in [1.807, 2.05) is 11.8 Å². The van der Waals surface area contributed by atoms with E-state index in [2.05, 4.69) is 9.88 Å². The van der Waals surface area contributed by atoms with Crippen molar-refractivity contribution in [3.8, 4) is 0 Å². The molecule has 2 fully saturated rings. The topological polar surface area (TPSA) is 28.6 Å². The summed E-state index contributed by atoms with van der Waals surface area (Å²) in [7, 11) is 0. The van der Waals surface area contributed by atoms with Crippen LogP contribution in [0.15, 0.2) is 18.2 Å². The summed E-state index contributed by atoms with van der Waals surface area (Å²) < 4.78 is 43.9. The van der Waals surface area contributed by atoms with Crippen LogP contribution in [0.5, 0.6) is 0 Å². The first-order valence-electron chi connectivity index (χ1n) is 8.08. The van der Waals surface area contributed by atoms with Crippen LogP contribution in [-0.4, -0.2) is 54.8 Å². The Morgan fingerprint density at radius 3 is 2.57 bits per heavy atom. The fourth-order valence-electron chi connectivity index (χ4n) is 3.45. The maximum Gasteiger partial charge on any atom is 0.433 e. The second-order valence-corrected chi connectivity index (χ2v) is 6.26. The molecule has 23 heavy (non-hydrogen) atoms. The molecule has 2 aliphatic heterocycles. The Morgan fingerprint density at radius 2 is 1.91 bits per heavy atom. The fourth-order valence-corrected chi connectivity index (χ4v) is 3.45. The van der Waals surface area contributed by atoms with Gasteiger partial charge in [0.2, 0.25) is 0 Å². The van der Waals surface area contributed by atoms with Crippen LogP contribution < -0.4 is 4.90 Å². The highest BCUT2D eigenvalue weighted by molar-refractivity contribution is 5.41. The fraction of sp³-hybridized carbons (Fsp3) is 0.688. The van der Waals surface area contributed by atoms with Crippen LogP contribution in [0.25, 0.3) is 0 Å². The molecule has 0 aliphatic carbocycles. The normalized spacial score (nSPS) is 24.9. The molecule has 3 rings (SSSR count). The minimum Gasteiger partial charge on any atom is -0.381 e. The first kappa shape index (κ1) is 16.5. The lowest BCUT2D eigenvalue weighted by molar-refractivity contribution is -0.141. The summed E-state index contributed by atoms with van der Waals surface area (Å²) in [6.45, 7) is 6.05. The van der Waals surface area contributed by atoms with E-state index in [0.717, 1.165) is 45.2 Å². The molecular formula is C16H22F3N3O. The number of ether oxygens (including phenoxy) is 1. The largest absolute Gasteiger partial charge is 0.433 e. The Balaban J connectivity index is 1.68. The van der Waals surface area contributed by atoms with Crippen LogP contribution in [0.2, 0.25) is 0 Å². The third-order valence-electron chi connectivity index (χ3n) is 4.69. The maximum atomic E-state index is 12.8. The molecule has 1 aromatic rings. The summed E-state index contributed by atoms with van der Waals surface area (Å²) in [4.78, 5) is 8.24. The van der Waals surface area contributed by atoms with Gasteiger partial charge in [0.15, 0.2) is 0 Å². The highest BCUT2D eigenvalue weighted by Gasteiger charge is 2.34. The predicted molar refractivity (Wildman–Crippen MR) is 81.5 cm³/mol. The molecule has 0 bridgehead atoms. The number of aromatic nitrogens is 1. The Hall–Kier alpha value is -1.34. The van der Waals surface area contributed by atoms with Crippen LogP contribution >= 0.6 is 0 Å². The van der Waals surface area contributed by atoms with Crippen molar-refractivity contribution in [2.45, 2.75) is 38.0 Å². The van der Waals surface area contributed by atoms with Crippen molar-refractivity contribution < 1.29 is 17.9 Å². The minimum absolute atomic E-state index is 0.141. The van der Waals surface area contributed by atoms with E-state index in [9.17, 15) is 13.2 Å². The molecule has 2 aliphatic rings. The van der Waals surface area contributed by atoms with Gasteiger partial charge in [-0.25, -0.2) is 4.98 Å². The number of hydrogen-bond donors (Lipinski definition) is 0. The van der Waals surface area contributed by atoms with Gasteiger partial charge in [-0.2, -0.15) is 13.2 Å². The molecule has 1 atom stereocenters. The van der Waals surface area contributed by atoms with Crippen LogP contribution in [-0.2, 0) is 10.9 Å².